The number of aryl methyl sites for hydroxylation is 2. The fraction of sp³-hybridized carbons (Fsp3) is 0.308. The van der Waals surface area contributed by atoms with Gasteiger partial charge in [0.25, 0.3) is 0 Å². The van der Waals surface area contributed by atoms with Crippen molar-refractivity contribution in [3.05, 3.63) is 50.2 Å². The van der Waals surface area contributed by atoms with E-state index >= 15 is 0 Å². The van der Waals surface area contributed by atoms with Gasteiger partial charge in [-0.25, -0.2) is 9.37 Å². The molecule has 1 heterocycles. The third-order valence-corrected chi connectivity index (χ3v) is 4.30. The van der Waals surface area contributed by atoms with Gasteiger partial charge in [-0.05, 0) is 44.0 Å². The number of thiazole rings is 1. The molecule has 0 radical (unpaired) electrons. The molecule has 1 unspecified atom stereocenters. The largest absolute Gasteiger partial charge is 0.323 e. The maximum atomic E-state index is 13.2. The van der Waals surface area contributed by atoms with Crippen LogP contribution >= 0.6 is 22.9 Å². The van der Waals surface area contributed by atoms with Gasteiger partial charge in [0, 0.05) is 15.9 Å². The van der Waals surface area contributed by atoms with Crippen LogP contribution in [-0.2, 0) is 6.42 Å². The molecule has 0 spiro atoms. The molecule has 0 bridgehead atoms. The van der Waals surface area contributed by atoms with Crippen molar-refractivity contribution in [3.63, 3.8) is 0 Å². The predicted octanol–water partition coefficient (Wildman–Crippen LogP) is 3.79. The Morgan fingerprint density at radius 3 is 2.78 bits per heavy atom. The van der Waals surface area contributed by atoms with Crippen LogP contribution in [0.3, 0.4) is 0 Å². The minimum Gasteiger partial charge on any atom is -0.323 e. The van der Waals surface area contributed by atoms with E-state index in [1.54, 1.807) is 17.4 Å². The van der Waals surface area contributed by atoms with E-state index in [4.69, 9.17) is 17.3 Å². The smallest absolute Gasteiger partial charge is 0.123 e. The predicted molar refractivity (Wildman–Crippen MR) is 73.6 cm³/mol. The first-order chi connectivity index (χ1) is 8.47. The van der Waals surface area contributed by atoms with Crippen LogP contribution in [0.1, 0.15) is 27.2 Å². The summed E-state index contributed by atoms with van der Waals surface area (Å²) in [6.07, 6.45) is 0.513. The molecule has 1 aromatic heterocycles. The van der Waals surface area contributed by atoms with Gasteiger partial charge in [0.05, 0.1) is 10.7 Å². The molecule has 0 aliphatic rings. The maximum absolute atomic E-state index is 13.2. The average Bonchev–Trinajstić information content (AvgIpc) is 2.63. The Kier molecular flexibility index (Phi) is 4.00. The third kappa shape index (κ3) is 2.88. The topological polar surface area (TPSA) is 38.9 Å². The number of halogens is 2. The zero-order chi connectivity index (χ0) is 13.3. The Labute approximate surface area is 115 Å². The van der Waals surface area contributed by atoms with E-state index in [1.165, 1.54) is 12.1 Å². The summed E-state index contributed by atoms with van der Waals surface area (Å²) in [5, 5.41) is 1.54. The molecule has 2 N–H and O–H groups in total. The molecule has 1 aromatic carbocycles. The summed E-state index contributed by atoms with van der Waals surface area (Å²) in [6, 6.07) is 4.14. The summed E-state index contributed by atoms with van der Waals surface area (Å²) in [5.74, 6) is -0.293. The molecule has 0 aliphatic heterocycles. The molecule has 0 saturated carbocycles. The second-order valence-electron chi connectivity index (χ2n) is 4.23. The van der Waals surface area contributed by atoms with Gasteiger partial charge in [0.15, 0.2) is 0 Å². The lowest BCUT2D eigenvalue weighted by molar-refractivity contribution is 0.622. The van der Waals surface area contributed by atoms with Crippen LogP contribution in [0.5, 0.6) is 0 Å². The van der Waals surface area contributed by atoms with E-state index in [2.05, 4.69) is 4.98 Å². The van der Waals surface area contributed by atoms with Crippen LogP contribution in [0, 0.1) is 19.7 Å². The molecular formula is C13H14ClFN2S. The summed E-state index contributed by atoms with van der Waals surface area (Å²) >= 11 is 7.62. The maximum Gasteiger partial charge on any atom is 0.123 e. The van der Waals surface area contributed by atoms with Crippen LogP contribution in [0.15, 0.2) is 18.2 Å². The number of aromatic nitrogens is 1. The minimum atomic E-state index is -0.293. The SMILES string of the molecule is Cc1nc(C)c(C(N)Cc2cc(F)ccc2Cl)s1. The monoisotopic (exact) mass is 284 g/mol. The van der Waals surface area contributed by atoms with E-state index < -0.39 is 0 Å². The fourth-order valence-electron chi connectivity index (χ4n) is 1.92. The van der Waals surface area contributed by atoms with Crippen LogP contribution in [0.2, 0.25) is 5.02 Å². The second kappa shape index (κ2) is 5.34. The highest BCUT2D eigenvalue weighted by Crippen LogP contribution is 2.28. The third-order valence-electron chi connectivity index (χ3n) is 2.72. The molecule has 0 aliphatic carbocycles. The summed E-state index contributed by atoms with van der Waals surface area (Å²) in [6.45, 7) is 3.88. The first-order valence-electron chi connectivity index (χ1n) is 5.61. The van der Waals surface area contributed by atoms with Crippen molar-refractivity contribution in [2.24, 2.45) is 5.73 Å². The van der Waals surface area contributed by atoms with Crippen LogP contribution in [0.25, 0.3) is 0 Å². The van der Waals surface area contributed by atoms with Crippen molar-refractivity contribution >= 4 is 22.9 Å². The van der Waals surface area contributed by atoms with Crippen molar-refractivity contribution in [1.82, 2.24) is 4.98 Å². The van der Waals surface area contributed by atoms with Gasteiger partial charge >= 0.3 is 0 Å². The number of rotatable bonds is 3. The van der Waals surface area contributed by atoms with Gasteiger partial charge in [-0.1, -0.05) is 11.6 Å². The first-order valence-corrected chi connectivity index (χ1v) is 6.80. The standard InChI is InChI=1S/C13H14ClFN2S/c1-7-13(18-8(2)17-7)12(16)6-9-5-10(15)3-4-11(9)14/h3-5,12H,6,16H2,1-2H3. The molecule has 2 nitrogen and oxygen atoms in total. The summed E-state index contributed by atoms with van der Waals surface area (Å²) < 4.78 is 13.2. The lowest BCUT2D eigenvalue weighted by atomic mass is 10.0. The molecule has 2 aromatic rings. The number of hydrogen-bond donors (Lipinski definition) is 1. The normalized spacial score (nSPS) is 12.7. The highest BCUT2D eigenvalue weighted by molar-refractivity contribution is 7.11. The summed E-state index contributed by atoms with van der Waals surface area (Å²) in [7, 11) is 0. The van der Waals surface area contributed by atoms with Crippen LogP contribution in [-0.4, -0.2) is 4.98 Å². The lowest BCUT2D eigenvalue weighted by Crippen LogP contribution is -2.13. The second-order valence-corrected chi connectivity index (χ2v) is 5.87. The highest BCUT2D eigenvalue weighted by Gasteiger charge is 2.15. The zero-order valence-electron chi connectivity index (χ0n) is 10.2. The first kappa shape index (κ1) is 13.5. The van der Waals surface area contributed by atoms with Gasteiger partial charge in [0.1, 0.15) is 5.82 Å². The van der Waals surface area contributed by atoms with Crippen LogP contribution < -0.4 is 5.73 Å². The summed E-state index contributed by atoms with van der Waals surface area (Å²) in [4.78, 5) is 5.38. The van der Waals surface area contributed by atoms with E-state index in [-0.39, 0.29) is 11.9 Å². The number of nitrogens with zero attached hydrogens (tertiary/aromatic N) is 1. The number of nitrogens with two attached hydrogens (primary N) is 1. The van der Waals surface area contributed by atoms with E-state index in [0.717, 1.165) is 21.1 Å². The van der Waals surface area contributed by atoms with Gasteiger partial charge in [-0.15, -0.1) is 11.3 Å². The van der Waals surface area contributed by atoms with E-state index in [9.17, 15) is 4.39 Å². The molecule has 0 fully saturated rings. The number of hydrogen-bond acceptors (Lipinski definition) is 3. The highest BCUT2D eigenvalue weighted by atomic mass is 35.5. The van der Waals surface area contributed by atoms with Crippen molar-refractivity contribution < 1.29 is 4.39 Å². The zero-order valence-corrected chi connectivity index (χ0v) is 11.8. The molecular weight excluding hydrogens is 271 g/mol. The molecule has 1 atom stereocenters. The molecule has 0 amide bonds. The van der Waals surface area contributed by atoms with Gasteiger partial charge in [0.2, 0.25) is 0 Å². The van der Waals surface area contributed by atoms with E-state index in [1.807, 2.05) is 13.8 Å². The van der Waals surface area contributed by atoms with Gasteiger partial charge in [-0.3, -0.25) is 0 Å². The fourth-order valence-corrected chi connectivity index (χ4v) is 3.04. The molecule has 5 heteroatoms. The van der Waals surface area contributed by atoms with Crippen molar-refractivity contribution in [2.45, 2.75) is 26.3 Å². The minimum absolute atomic E-state index is 0.199. The average molecular weight is 285 g/mol. The Balaban J connectivity index is 2.23. The molecule has 96 valence electrons. The van der Waals surface area contributed by atoms with Crippen molar-refractivity contribution in [3.8, 4) is 0 Å². The van der Waals surface area contributed by atoms with Gasteiger partial charge in [-0.2, -0.15) is 0 Å². The molecule has 0 saturated heterocycles. The Hall–Kier alpha value is -0.970. The van der Waals surface area contributed by atoms with E-state index in [0.29, 0.717) is 11.4 Å². The molecule has 18 heavy (non-hydrogen) atoms. The van der Waals surface area contributed by atoms with Crippen molar-refractivity contribution in [2.75, 3.05) is 0 Å². The Morgan fingerprint density at radius 2 is 2.17 bits per heavy atom. The summed E-state index contributed by atoms with van der Waals surface area (Å²) in [5.41, 5.74) is 7.82. The van der Waals surface area contributed by atoms with Crippen LogP contribution in [0.4, 0.5) is 4.39 Å². The van der Waals surface area contributed by atoms with Crippen molar-refractivity contribution in [1.29, 1.82) is 0 Å². The molecule has 2 rings (SSSR count). The Morgan fingerprint density at radius 1 is 1.44 bits per heavy atom. The lowest BCUT2D eigenvalue weighted by Gasteiger charge is -2.11. The number of benzene rings is 1. The Bertz CT molecular complexity index is 568. The van der Waals surface area contributed by atoms with Gasteiger partial charge < -0.3 is 5.73 Å². The quantitative estimate of drug-likeness (QED) is 0.931.